The predicted octanol–water partition coefficient (Wildman–Crippen LogP) is 0.653. The van der Waals surface area contributed by atoms with E-state index in [1.54, 1.807) is 0 Å². The van der Waals surface area contributed by atoms with Gasteiger partial charge in [-0.1, -0.05) is 12.1 Å². The Kier molecular flexibility index (Phi) is 3.54. The highest BCUT2D eigenvalue weighted by molar-refractivity contribution is 5.93. The summed E-state index contributed by atoms with van der Waals surface area (Å²) in [7, 11) is 0. The van der Waals surface area contributed by atoms with Gasteiger partial charge in [-0.05, 0) is 23.6 Å². The molecular weight excluding hydrogens is 204 g/mol. The Morgan fingerprint density at radius 3 is 3.06 bits per heavy atom. The number of aryl methyl sites for hydroxylation is 1. The zero-order valence-electron chi connectivity index (χ0n) is 9.12. The van der Waals surface area contributed by atoms with Gasteiger partial charge in [0, 0.05) is 25.2 Å². The van der Waals surface area contributed by atoms with Crippen LogP contribution in [0.25, 0.3) is 0 Å². The van der Waals surface area contributed by atoms with Crippen LogP contribution in [0.1, 0.15) is 17.5 Å². The smallest absolute Gasteiger partial charge is 0.224 e. The second-order valence-corrected chi connectivity index (χ2v) is 3.94. The van der Waals surface area contributed by atoms with Crippen molar-refractivity contribution in [3.63, 3.8) is 0 Å². The van der Waals surface area contributed by atoms with Crippen LogP contribution in [0.4, 0.5) is 5.69 Å². The monoisotopic (exact) mass is 220 g/mol. The van der Waals surface area contributed by atoms with Crippen molar-refractivity contribution in [3.05, 3.63) is 29.3 Å². The Morgan fingerprint density at radius 2 is 2.25 bits per heavy atom. The van der Waals surface area contributed by atoms with Gasteiger partial charge in [0.2, 0.25) is 5.91 Å². The van der Waals surface area contributed by atoms with Crippen LogP contribution in [0.5, 0.6) is 0 Å². The van der Waals surface area contributed by atoms with Crippen LogP contribution in [0.2, 0.25) is 0 Å². The molecule has 0 aliphatic carbocycles. The number of rotatable bonds is 4. The van der Waals surface area contributed by atoms with Crippen molar-refractivity contribution in [2.45, 2.75) is 19.4 Å². The molecule has 1 aromatic carbocycles. The van der Waals surface area contributed by atoms with Gasteiger partial charge in [-0.2, -0.15) is 0 Å². The summed E-state index contributed by atoms with van der Waals surface area (Å²) in [5.41, 5.74) is 3.31. The normalized spacial score (nSPS) is 14.4. The van der Waals surface area contributed by atoms with Gasteiger partial charge in [-0.25, -0.2) is 0 Å². The van der Waals surface area contributed by atoms with Crippen LogP contribution in [-0.4, -0.2) is 24.2 Å². The molecule has 0 aromatic heterocycles. The number of aliphatic hydroxyl groups excluding tert-OH is 1. The van der Waals surface area contributed by atoms with Crippen molar-refractivity contribution in [1.29, 1.82) is 0 Å². The van der Waals surface area contributed by atoms with Gasteiger partial charge in [0.25, 0.3) is 0 Å². The summed E-state index contributed by atoms with van der Waals surface area (Å²) in [5, 5.41) is 14.6. The van der Waals surface area contributed by atoms with Crippen LogP contribution < -0.4 is 10.6 Å². The molecule has 1 aliphatic rings. The number of anilines is 1. The van der Waals surface area contributed by atoms with E-state index in [0.29, 0.717) is 13.0 Å². The van der Waals surface area contributed by atoms with Crippen molar-refractivity contribution < 1.29 is 9.90 Å². The maximum Gasteiger partial charge on any atom is 0.224 e. The lowest BCUT2D eigenvalue weighted by molar-refractivity contribution is -0.116. The van der Waals surface area contributed by atoms with E-state index < -0.39 is 0 Å². The van der Waals surface area contributed by atoms with E-state index in [9.17, 15) is 4.79 Å². The fourth-order valence-corrected chi connectivity index (χ4v) is 1.86. The molecule has 0 unspecified atom stereocenters. The minimum atomic E-state index is 0.0960. The highest BCUT2D eigenvalue weighted by atomic mass is 16.3. The van der Waals surface area contributed by atoms with Gasteiger partial charge in [0.15, 0.2) is 0 Å². The molecular formula is C12H16N2O2. The largest absolute Gasteiger partial charge is 0.395 e. The molecule has 0 saturated carbocycles. The van der Waals surface area contributed by atoms with Crippen molar-refractivity contribution in [2.75, 3.05) is 18.5 Å². The standard InChI is InChI=1S/C12H16N2O2/c15-6-5-13-8-9-1-3-11-10(7-9)2-4-12(16)14-11/h1,3,7,13,15H,2,4-6,8H2,(H,14,16). The second-order valence-electron chi connectivity index (χ2n) is 3.94. The summed E-state index contributed by atoms with van der Waals surface area (Å²) in [6, 6.07) is 6.05. The minimum Gasteiger partial charge on any atom is -0.395 e. The Balaban J connectivity index is 2.04. The lowest BCUT2D eigenvalue weighted by Crippen LogP contribution is -2.20. The summed E-state index contributed by atoms with van der Waals surface area (Å²) < 4.78 is 0. The van der Waals surface area contributed by atoms with Gasteiger partial charge in [-0.3, -0.25) is 4.79 Å². The van der Waals surface area contributed by atoms with E-state index >= 15 is 0 Å². The fraction of sp³-hybridized carbons (Fsp3) is 0.417. The quantitative estimate of drug-likeness (QED) is 0.653. The Bertz CT molecular complexity index is 391. The highest BCUT2D eigenvalue weighted by Gasteiger charge is 2.14. The van der Waals surface area contributed by atoms with Gasteiger partial charge < -0.3 is 15.7 Å². The SMILES string of the molecule is O=C1CCc2cc(CNCCO)ccc2N1. The van der Waals surface area contributed by atoms with Gasteiger partial charge in [-0.15, -0.1) is 0 Å². The van der Waals surface area contributed by atoms with Crippen molar-refractivity contribution >= 4 is 11.6 Å². The number of hydrogen-bond donors (Lipinski definition) is 3. The molecule has 1 aromatic rings. The molecule has 0 radical (unpaired) electrons. The van der Waals surface area contributed by atoms with Crippen LogP contribution in [-0.2, 0) is 17.8 Å². The van der Waals surface area contributed by atoms with Crippen molar-refractivity contribution in [2.24, 2.45) is 0 Å². The Hall–Kier alpha value is -1.39. The molecule has 86 valence electrons. The first-order chi connectivity index (χ1) is 7.79. The third kappa shape index (κ3) is 2.59. The molecule has 0 spiro atoms. The first-order valence-electron chi connectivity index (χ1n) is 5.53. The maximum atomic E-state index is 11.2. The van der Waals surface area contributed by atoms with E-state index in [-0.39, 0.29) is 12.5 Å². The van der Waals surface area contributed by atoms with Crippen molar-refractivity contribution in [1.82, 2.24) is 5.32 Å². The molecule has 1 aliphatic heterocycles. The van der Waals surface area contributed by atoms with Gasteiger partial charge in [0.05, 0.1) is 6.61 Å². The van der Waals surface area contributed by atoms with E-state index in [1.807, 2.05) is 12.1 Å². The third-order valence-corrected chi connectivity index (χ3v) is 2.68. The third-order valence-electron chi connectivity index (χ3n) is 2.68. The fourth-order valence-electron chi connectivity index (χ4n) is 1.86. The molecule has 1 heterocycles. The van der Waals surface area contributed by atoms with Crippen LogP contribution in [0.3, 0.4) is 0 Å². The number of amides is 1. The van der Waals surface area contributed by atoms with Crippen LogP contribution >= 0.6 is 0 Å². The average Bonchev–Trinajstić information content (AvgIpc) is 2.29. The minimum absolute atomic E-state index is 0.0960. The zero-order valence-corrected chi connectivity index (χ0v) is 9.12. The lowest BCUT2D eigenvalue weighted by Gasteiger charge is -2.17. The molecule has 4 heteroatoms. The number of aliphatic hydroxyl groups is 1. The number of carbonyl (C=O) groups is 1. The molecule has 0 saturated heterocycles. The number of carbonyl (C=O) groups excluding carboxylic acids is 1. The zero-order chi connectivity index (χ0) is 11.4. The van der Waals surface area contributed by atoms with Gasteiger partial charge in [0.1, 0.15) is 0 Å². The molecule has 16 heavy (non-hydrogen) atoms. The van der Waals surface area contributed by atoms with Crippen LogP contribution in [0.15, 0.2) is 18.2 Å². The van der Waals surface area contributed by atoms with E-state index in [0.717, 1.165) is 18.7 Å². The lowest BCUT2D eigenvalue weighted by atomic mass is 10.0. The predicted molar refractivity (Wildman–Crippen MR) is 62.2 cm³/mol. The summed E-state index contributed by atoms with van der Waals surface area (Å²) in [6.07, 6.45) is 1.38. The second kappa shape index (κ2) is 5.09. The highest BCUT2D eigenvalue weighted by Crippen LogP contribution is 2.23. The molecule has 2 rings (SSSR count). The first-order valence-corrected chi connectivity index (χ1v) is 5.53. The Morgan fingerprint density at radius 1 is 1.38 bits per heavy atom. The molecule has 0 atom stereocenters. The summed E-state index contributed by atoms with van der Waals surface area (Å²) in [6.45, 7) is 1.51. The van der Waals surface area contributed by atoms with E-state index in [4.69, 9.17) is 5.11 Å². The van der Waals surface area contributed by atoms with E-state index in [2.05, 4.69) is 16.7 Å². The Labute approximate surface area is 94.7 Å². The van der Waals surface area contributed by atoms with Gasteiger partial charge >= 0.3 is 0 Å². The molecule has 4 nitrogen and oxygen atoms in total. The topological polar surface area (TPSA) is 61.4 Å². The number of hydrogen-bond acceptors (Lipinski definition) is 3. The first kappa shape index (κ1) is 11.1. The summed E-state index contributed by atoms with van der Waals surface area (Å²) in [5.74, 6) is 0.0960. The average molecular weight is 220 g/mol. The number of nitrogens with one attached hydrogen (secondary N) is 2. The molecule has 3 N–H and O–H groups in total. The summed E-state index contributed by atoms with van der Waals surface area (Å²) >= 11 is 0. The number of benzene rings is 1. The maximum absolute atomic E-state index is 11.2. The summed E-state index contributed by atoms with van der Waals surface area (Å²) in [4.78, 5) is 11.2. The van der Waals surface area contributed by atoms with Crippen molar-refractivity contribution in [3.8, 4) is 0 Å². The van der Waals surface area contributed by atoms with E-state index in [1.165, 1.54) is 11.1 Å². The van der Waals surface area contributed by atoms with Crippen LogP contribution in [0, 0.1) is 0 Å². The molecule has 0 bridgehead atoms. The molecule has 0 fully saturated rings. The molecule has 1 amide bonds. The number of fused-ring (bicyclic) bond motifs is 1.